The molecule has 0 fully saturated rings. The third-order valence-corrected chi connectivity index (χ3v) is 8.71. The summed E-state index contributed by atoms with van der Waals surface area (Å²) in [5, 5.41) is 22.0. The summed E-state index contributed by atoms with van der Waals surface area (Å²) in [6.45, 7) is 5.67. The Hall–Kier alpha value is -5.11. The van der Waals surface area contributed by atoms with Gasteiger partial charge in [-0.2, -0.15) is 5.26 Å². The first-order chi connectivity index (χ1) is 21.2. The molecule has 0 aliphatic rings. The minimum atomic E-state index is -1.05. The maximum Gasteiger partial charge on any atom is 0.338 e. The van der Waals surface area contributed by atoms with Crippen molar-refractivity contribution >= 4 is 50.0 Å². The van der Waals surface area contributed by atoms with Gasteiger partial charge in [0, 0.05) is 45.2 Å². The summed E-state index contributed by atoms with van der Waals surface area (Å²) in [7, 11) is 0. The highest BCUT2D eigenvalue weighted by Gasteiger charge is 2.20. The van der Waals surface area contributed by atoms with Crippen LogP contribution in [0.5, 0.6) is 5.75 Å². The number of halogens is 1. The number of benzene rings is 2. The number of aryl methyl sites for hydroxylation is 2. The van der Waals surface area contributed by atoms with E-state index in [0.29, 0.717) is 49.2 Å². The number of rotatable bonds is 7. The summed E-state index contributed by atoms with van der Waals surface area (Å²) in [5.74, 6) is -0.0463. The van der Waals surface area contributed by atoms with E-state index in [0.717, 1.165) is 16.7 Å². The van der Waals surface area contributed by atoms with Crippen LogP contribution in [0.4, 0.5) is 0 Å². The van der Waals surface area contributed by atoms with Crippen LogP contribution in [-0.2, 0) is 6.54 Å². The predicted octanol–water partition coefficient (Wildman–Crippen LogP) is 6.96. The van der Waals surface area contributed by atoms with Crippen molar-refractivity contribution in [1.29, 1.82) is 5.26 Å². The van der Waals surface area contributed by atoms with Gasteiger partial charge in [-0.1, -0.05) is 17.7 Å². The SMILES string of the molecule is Cc1cc(-c2cc(Cl)ccc2OCCn2c(C)nc3cc(-c4cccnc4)c(C)c(C#N)c3c2=O)c2scc(C(=O)O)c2n1. The van der Waals surface area contributed by atoms with E-state index in [2.05, 4.69) is 16.0 Å². The molecule has 0 spiro atoms. The van der Waals surface area contributed by atoms with E-state index in [1.54, 1.807) is 49.8 Å². The fraction of sp³-hybridized carbons (Fsp3) is 0.152. The van der Waals surface area contributed by atoms with Gasteiger partial charge in [0.25, 0.3) is 5.56 Å². The van der Waals surface area contributed by atoms with Crippen molar-refractivity contribution in [3.63, 3.8) is 0 Å². The molecule has 0 saturated carbocycles. The highest BCUT2D eigenvalue weighted by Crippen LogP contribution is 2.40. The monoisotopic (exact) mass is 621 g/mol. The quantitative estimate of drug-likeness (QED) is 0.202. The van der Waals surface area contributed by atoms with E-state index in [-0.39, 0.29) is 35.2 Å². The number of hydrogen-bond donors (Lipinski definition) is 1. The average Bonchev–Trinajstić information content (AvgIpc) is 3.43. The van der Waals surface area contributed by atoms with Crippen LogP contribution in [-0.4, -0.2) is 37.2 Å². The van der Waals surface area contributed by atoms with E-state index >= 15 is 0 Å². The normalized spacial score (nSPS) is 11.2. The summed E-state index contributed by atoms with van der Waals surface area (Å²) >= 11 is 7.68. The van der Waals surface area contributed by atoms with Crippen LogP contribution in [0.2, 0.25) is 5.02 Å². The Balaban J connectivity index is 1.36. The molecule has 1 N–H and O–H groups in total. The molecule has 0 aliphatic carbocycles. The molecule has 0 amide bonds. The summed E-state index contributed by atoms with van der Waals surface area (Å²) in [6, 6.07) is 14.9. The van der Waals surface area contributed by atoms with Gasteiger partial charge in [-0.15, -0.1) is 11.3 Å². The third kappa shape index (κ3) is 5.06. The van der Waals surface area contributed by atoms with Crippen LogP contribution in [0.15, 0.2) is 65.0 Å². The lowest BCUT2D eigenvalue weighted by Gasteiger charge is -2.16. The number of thiophene rings is 1. The van der Waals surface area contributed by atoms with E-state index in [1.165, 1.54) is 15.9 Å². The molecule has 4 aromatic heterocycles. The molecule has 0 bridgehead atoms. The number of carboxylic acids is 1. The number of hydrogen-bond acceptors (Lipinski definition) is 8. The fourth-order valence-corrected chi connectivity index (χ4v) is 6.57. The Morgan fingerprint density at radius 3 is 2.66 bits per heavy atom. The molecular formula is C33H24ClN5O4S. The lowest BCUT2D eigenvalue weighted by atomic mass is 9.94. The number of nitrogens with zero attached hydrogens (tertiary/aromatic N) is 5. The van der Waals surface area contributed by atoms with Crippen molar-refractivity contribution in [2.45, 2.75) is 27.3 Å². The largest absolute Gasteiger partial charge is 0.491 e. The van der Waals surface area contributed by atoms with Gasteiger partial charge < -0.3 is 9.84 Å². The lowest BCUT2D eigenvalue weighted by molar-refractivity contribution is 0.0699. The van der Waals surface area contributed by atoms with Crippen molar-refractivity contribution in [1.82, 2.24) is 19.5 Å². The molecule has 0 atom stereocenters. The number of aromatic carboxylic acids is 1. The van der Waals surface area contributed by atoms with Crippen molar-refractivity contribution in [3.8, 4) is 34.1 Å². The van der Waals surface area contributed by atoms with E-state index in [1.807, 2.05) is 31.2 Å². The van der Waals surface area contributed by atoms with Gasteiger partial charge in [0.1, 0.15) is 24.3 Å². The maximum atomic E-state index is 13.8. The van der Waals surface area contributed by atoms with Gasteiger partial charge in [-0.25, -0.2) is 9.78 Å². The van der Waals surface area contributed by atoms with Crippen LogP contribution in [0.1, 0.15) is 33.0 Å². The first kappa shape index (κ1) is 29.0. The molecule has 11 heteroatoms. The van der Waals surface area contributed by atoms with Crippen molar-refractivity contribution in [2.75, 3.05) is 6.61 Å². The number of aromatic nitrogens is 4. The highest BCUT2D eigenvalue weighted by molar-refractivity contribution is 7.18. The van der Waals surface area contributed by atoms with Crippen molar-refractivity contribution in [3.05, 3.63) is 104 Å². The Morgan fingerprint density at radius 2 is 1.93 bits per heavy atom. The number of nitriles is 1. The minimum absolute atomic E-state index is 0.120. The molecule has 6 aromatic rings. The van der Waals surface area contributed by atoms with Crippen LogP contribution in [0.25, 0.3) is 43.4 Å². The van der Waals surface area contributed by atoms with Crippen LogP contribution in [0, 0.1) is 32.1 Å². The smallest absolute Gasteiger partial charge is 0.338 e. The van der Waals surface area contributed by atoms with Gasteiger partial charge >= 0.3 is 5.97 Å². The van der Waals surface area contributed by atoms with Crippen molar-refractivity contribution in [2.24, 2.45) is 0 Å². The summed E-state index contributed by atoms with van der Waals surface area (Å²) in [4.78, 5) is 38.9. The van der Waals surface area contributed by atoms with Crippen LogP contribution in [0.3, 0.4) is 0 Å². The molecular weight excluding hydrogens is 598 g/mol. The van der Waals surface area contributed by atoms with E-state index < -0.39 is 5.97 Å². The molecule has 2 aromatic carbocycles. The lowest BCUT2D eigenvalue weighted by Crippen LogP contribution is -2.27. The topological polar surface area (TPSA) is 131 Å². The second-order valence-electron chi connectivity index (χ2n) is 10.2. The summed E-state index contributed by atoms with van der Waals surface area (Å²) in [6.07, 6.45) is 3.39. The standard InChI is InChI=1S/C33H24ClN5O4S/c1-17-11-24(31-30(37-17)26(16-44-31)33(41)42)23-12-21(34)6-7-28(23)43-10-9-39-19(3)38-27-13-22(20-5-4-8-36-15-20)18(2)25(14-35)29(27)32(39)40/h4-8,11-13,15-16H,9-10H2,1-3H3,(H,41,42). The number of pyridine rings is 2. The molecule has 0 saturated heterocycles. The van der Waals surface area contributed by atoms with E-state index in [9.17, 15) is 20.0 Å². The van der Waals surface area contributed by atoms with Gasteiger partial charge in [-0.3, -0.25) is 19.3 Å². The first-order valence-electron chi connectivity index (χ1n) is 13.6. The average molecular weight is 622 g/mol. The molecule has 0 unspecified atom stereocenters. The zero-order valence-electron chi connectivity index (χ0n) is 23.9. The van der Waals surface area contributed by atoms with Gasteiger partial charge in [0.15, 0.2) is 0 Å². The number of fused-ring (bicyclic) bond motifs is 2. The Morgan fingerprint density at radius 1 is 1.11 bits per heavy atom. The minimum Gasteiger partial charge on any atom is -0.491 e. The number of carbonyl (C=O) groups is 1. The van der Waals surface area contributed by atoms with Gasteiger partial charge in [0.2, 0.25) is 0 Å². The highest BCUT2D eigenvalue weighted by atomic mass is 35.5. The van der Waals surface area contributed by atoms with Crippen molar-refractivity contribution < 1.29 is 14.6 Å². The zero-order valence-corrected chi connectivity index (χ0v) is 25.5. The molecule has 218 valence electrons. The molecule has 6 rings (SSSR count). The molecule has 4 heterocycles. The third-order valence-electron chi connectivity index (χ3n) is 7.47. The van der Waals surface area contributed by atoms with Crippen LogP contribution >= 0.6 is 22.9 Å². The molecule has 0 radical (unpaired) electrons. The fourth-order valence-electron chi connectivity index (χ4n) is 5.39. The zero-order chi connectivity index (χ0) is 31.1. The molecule has 0 aliphatic heterocycles. The predicted molar refractivity (Wildman–Crippen MR) is 171 cm³/mol. The number of ether oxygens (including phenoxy) is 1. The molecule has 9 nitrogen and oxygen atoms in total. The van der Waals surface area contributed by atoms with E-state index in [4.69, 9.17) is 21.3 Å². The Labute approximate surface area is 260 Å². The Kier molecular flexibility index (Phi) is 7.59. The van der Waals surface area contributed by atoms with Gasteiger partial charge in [0.05, 0.1) is 38.8 Å². The first-order valence-corrected chi connectivity index (χ1v) is 14.8. The maximum absolute atomic E-state index is 13.8. The summed E-state index contributed by atoms with van der Waals surface area (Å²) < 4.78 is 8.44. The van der Waals surface area contributed by atoms with Crippen LogP contribution < -0.4 is 10.3 Å². The number of carboxylic acid groups (broad SMARTS) is 1. The summed E-state index contributed by atoms with van der Waals surface area (Å²) in [5.41, 5.74) is 5.34. The molecule has 44 heavy (non-hydrogen) atoms. The van der Waals surface area contributed by atoms with Gasteiger partial charge in [-0.05, 0) is 68.3 Å². The second-order valence-corrected chi connectivity index (χ2v) is 11.5. The Bertz CT molecular complexity index is 2220. The second kappa shape index (κ2) is 11.5.